The van der Waals surface area contributed by atoms with Gasteiger partial charge in [0, 0.05) is 23.0 Å². The number of aromatic nitrogens is 3. The van der Waals surface area contributed by atoms with Crippen molar-refractivity contribution < 1.29 is 13.2 Å². The number of amides is 1. The Hall–Kier alpha value is -2.56. The number of rotatable bonds is 8. The van der Waals surface area contributed by atoms with Crippen molar-refractivity contribution in [2.75, 3.05) is 0 Å². The summed E-state index contributed by atoms with van der Waals surface area (Å²) in [4.78, 5) is 17.3. The first-order valence-corrected chi connectivity index (χ1v) is 10.6. The van der Waals surface area contributed by atoms with E-state index >= 15 is 0 Å². The zero-order valence-corrected chi connectivity index (χ0v) is 16.2. The number of hydrogen-bond acceptors (Lipinski definition) is 6. The maximum absolute atomic E-state index is 12.5. The highest BCUT2D eigenvalue weighted by atomic mass is 32.2. The van der Waals surface area contributed by atoms with Gasteiger partial charge in [-0.15, -0.1) is 11.3 Å². The minimum Gasteiger partial charge on any atom is -0.348 e. The number of benzene rings is 1. The normalized spacial score (nSPS) is 12.6. The van der Waals surface area contributed by atoms with E-state index in [9.17, 15) is 13.2 Å². The van der Waals surface area contributed by atoms with E-state index in [4.69, 9.17) is 0 Å². The topological polar surface area (TPSA) is 106 Å². The summed E-state index contributed by atoms with van der Waals surface area (Å²) in [5.41, 5.74) is 0.277. The Morgan fingerprint density at radius 3 is 2.85 bits per heavy atom. The summed E-state index contributed by atoms with van der Waals surface area (Å²) >= 11 is 1.47. The molecule has 0 aliphatic carbocycles. The zero-order chi connectivity index (χ0) is 19.3. The second-order valence-corrected chi connectivity index (χ2v) is 8.72. The summed E-state index contributed by atoms with van der Waals surface area (Å²) in [6.07, 6.45) is 2.99. The minimum atomic E-state index is -3.71. The van der Waals surface area contributed by atoms with E-state index in [2.05, 4.69) is 20.1 Å². The summed E-state index contributed by atoms with van der Waals surface area (Å²) < 4.78 is 29.1. The molecule has 0 aliphatic rings. The van der Waals surface area contributed by atoms with Crippen LogP contribution < -0.4 is 10.0 Å². The van der Waals surface area contributed by atoms with Crippen LogP contribution in [-0.2, 0) is 23.1 Å². The fourth-order valence-corrected chi connectivity index (χ4v) is 4.22. The van der Waals surface area contributed by atoms with Gasteiger partial charge < -0.3 is 5.32 Å². The Kier molecular flexibility index (Phi) is 5.99. The number of carbonyl (C=O) groups is 1. The summed E-state index contributed by atoms with van der Waals surface area (Å²) in [5, 5.41) is 8.70. The van der Waals surface area contributed by atoms with Crippen molar-refractivity contribution in [2.45, 2.75) is 31.0 Å². The van der Waals surface area contributed by atoms with Crippen molar-refractivity contribution in [3.63, 3.8) is 0 Å². The molecule has 0 aliphatic heterocycles. The van der Waals surface area contributed by atoms with Gasteiger partial charge in [0.2, 0.25) is 10.0 Å². The number of carbonyl (C=O) groups excluding carboxylic acids is 1. The number of nitrogens with one attached hydrogen (secondary N) is 2. The third kappa shape index (κ3) is 5.22. The Bertz CT molecular complexity index is 986. The molecule has 3 aromatic rings. The molecule has 0 radical (unpaired) electrons. The minimum absolute atomic E-state index is 0.0515. The van der Waals surface area contributed by atoms with Crippen LogP contribution in [-0.4, -0.2) is 35.1 Å². The molecule has 1 aromatic carbocycles. The molecule has 2 aromatic heterocycles. The fourth-order valence-electron chi connectivity index (χ4n) is 2.43. The predicted octanol–water partition coefficient (Wildman–Crippen LogP) is 1.64. The Morgan fingerprint density at radius 1 is 1.30 bits per heavy atom. The molecule has 1 amide bonds. The summed E-state index contributed by atoms with van der Waals surface area (Å²) in [6.45, 7) is 2.51. The number of sulfonamides is 1. The van der Waals surface area contributed by atoms with Crippen LogP contribution in [0, 0.1) is 0 Å². The molecule has 1 unspecified atom stereocenters. The van der Waals surface area contributed by atoms with Crippen LogP contribution in [0.4, 0.5) is 0 Å². The first-order chi connectivity index (χ1) is 12.9. The van der Waals surface area contributed by atoms with Gasteiger partial charge in [-0.25, -0.2) is 18.1 Å². The average Bonchev–Trinajstić information content (AvgIpc) is 3.34. The van der Waals surface area contributed by atoms with Gasteiger partial charge in [0.15, 0.2) is 0 Å². The Balaban J connectivity index is 1.65. The first kappa shape index (κ1) is 19.2. The molecule has 2 N–H and O–H groups in total. The second kappa shape index (κ2) is 8.42. The highest BCUT2D eigenvalue weighted by Gasteiger charge is 2.17. The van der Waals surface area contributed by atoms with E-state index in [0.29, 0.717) is 6.54 Å². The van der Waals surface area contributed by atoms with Crippen molar-refractivity contribution >= 4 is 27.3 Å². The smallest absolute Gasteiger partial charge is 0.251 e. The van der Waals surface area contributed by atoms with Gasteiger partial charge in [-0.1, -0.05) is 12.1 Å². The van der Waals surface area contributed by atoms with Crippen LogP contribution in [0.2, 0.25) is 0 Å². The van der Waals surface area contributed by atoms with E-state index in [1.807, 2.05) is 24.4 Å². The van der Waals surface area contributed by atoms with Gasteiger partial charge in [0.1, 0.15) is 12.7 Å². The third-order valence-electron chi connectivity index (χ3n) is 3.73. The molecule has 8 nitrogen and oxygen atoms in total. The summed E-state index contributed by atoms with van der Waals surface area (Å²) in [6, 6.07) is 9.48. The lowest BCUT2D eigenvalue weighted by Gasteiger charge is -2.14. The van der Waals surface area contributed by atoms with Gasteiger partial charge >= 0.3 is 0 Å². The highest BCUT2D eigenvalue weighted by Crippen LogP contribution is 2.14. The largest absolute Gasteiger partial charge is 0.348 e. The maximum Gasteiger partial charge on any atom is 0.251 e. The van der Waals surface area contributed by atoms with Crippen LogP contribution in [0.1, 0.15) is 22.2 Å². The standard InChI is InChI=1S/C17H19N5O3S2/c1-13(10-22-12-18-11-19-22)21-17(23)14-4-2-6-16(8-14)27(24,25)20-9-15-5-3-7-26-15/h2-8,11-13,20H,9-10H2,1H3,(H,21,23). The molecule has 3 rings (SSSR count). The van der Waals surface area contributed by atoms with Crippen LogP contribution in [0.25, 0.3) is 0 Å². The number of thiophene rings is 1. The number of hydrogen-bond donors (Lipinski definition) is 2. The second-order valence-electron chi connectivity index (χ2n) is 5.92. The van der Waals surface area contributed by atoms with Gasteiger partial charge in [0.05, 0.1) is 11.4 Å². The van der Waals surface area contributed by atoms with Gasteiger partial charge in [-0.2, -0.15) is 5.10 Å². The predicted molar refractivity (Wildman–Crippen MR) is 102 cm³/mol. The fraction of sp³-hybridized carbons (Fsp3) is 0.235. The van der Waals surface area contributed by atoms with Crippen molar-refractivity contribution in [2.24, 2.45) is 0 Å². The Labute approximate surface area is 161 Å². The molecule has 0 saturated carbocycles. The summed E-state index contributed by atoms with van der Waals surface area (Å²) in [7, 11) is -3.71. The monoisotopic (exact) mass is 405 g/mol. The van der Waals surface area contributed by atoms with E-state index < -0.39 is 10.0 Å². The Morgan fingerprint density at radius 2 is 2.15 bits per heavy atom. The van der Waals surface area contributed by atoms with Crippen LogP contribution in [0.5, 0.6) is 0 Å². The average molecular weight is 406 g/mol. The molecule has 0 spiro atoms. The molecule has 0 bridgehead atoms. The van der Waals surface area contributed by atoms with E-state index in [-0.39, 0.29) is 29.0 Å². The highest BCUT2D eigenvalue weighted by molar-refractivity contribution is 7.89. The van der Waals surface area contributed by atoms with E-state index in [1.165, 1.54) is 29.8 Å². The molecular formula is C17H19N5O3S2. The van der Waals surface area contributed by atoms with Gasteiger partial charge in [0.25, 0.3) is 5.91 Å². The SMILES string of the molecule is CC(Cn1cncn1)NC(=O)c1cccc(S(=O)(=O)NCc2cccs2)c1. The molecule has 10 heteroatoms. The quantitative estimate of drug-likeness (QED) is 0.593. The van der Waals surface area contributed by atoms with Gasteiger partial charge in [-0.3, -0.25) is 9.48 Å². The van der Waals surface area contributed by atoms with Crippen LogP contribution in [0.3, 0.4) is 0 Å². The lowest BCUT2D eigenvalue weighted by atomic mass is 10.2. The van der Waals surface area contributed by atoms with Crippen LogP contribution in [0.15, 0.2) is 59.3 Å². The van der Waals surface area contributed by atoms with Crippen molar-refractivity contribution in [1.82, 2.24) is 24.8 Å². The van der Waals surface area contributed by atoms with Gasteiger partial charge in [-0.05, 0) is 36.6 Å². The summed E-state index contributed by atoms with van der Waals surface area (Å²) in [5.74, 6) is -0.349. The molecular weight excluding hydrogens is 386 g/mol. The zero-order valence-electron chi connectivity index (χ0n) is 14.6. The molecule has 1 atom stereocenters. The van der Waals surface area contributed by atoms with Crippen molar-refractivity contribution in [3.05, 3.63) is 64.9 Å². The lowest BCUT2D eigenvalue weighted by molar-refractivity contribution is 0.0935. The van der Waals surface area contributed by atoms with Crippen molar-refractivity contribution in [3.8, 4) is 0 Å². The lowest BCUT2D eigenvalue weighted by Crippen LogP contribution is -2.36. The molecule has 2 heterocycles. The third-order valence-corrected chi connectivity index (χ3v) is 6.00. The maximum atomic E-state index is 12.5. The number of nitrogens with zero attached hydrogens (tertiary/aromatic N) is 3. The van der Waals surface area contributed by atoms with E-state index in [0.717, 1.165) is 4.88 Å². The molecule has 0 saturated heterocycles. The molecule has 27 heavy (non-hydrogen) atoms. The molecule has 142 valence electrons. The van der Waals surface area contributed by atoms with E-state index in [1.54, 1.807) is 23.1 Å². The first-order valence-electron chi connectivity index (χ1n) is 8.19. The van der Waals surface area contributed by atoms with Crippen molar-refractivity contribution in [1.29, 1.82) is 0 Å². The van der Waals surface area contributed by atoms with Crippen LogP contribution >= 0.6 is 11.3 Å². The molecule has 0 fully saturated rings.